The molecule has 0 aromatic carbocycles. The number of hydrogen-bond donors (Lipinski definition) is 2. The smallest absolute Gasteiger partial charge is 0.246 e. The normalized spacial score (nSPS) is 15.7. The number of rotatable bonds is 2. The number of amides is 2. The van der Waals surface area contributed by atoms with Crippen LogP contribution in [0.5, 0.6) is 0 Å². The Morgan fingerprint density at radius 2 is 2.05 bits per heavy atom. The highest BCUT2D eigenvalue weighted by Crippen LogP contribution is 2.21. The SMILES string of the molecule is CNc1cn2ccnc2c(N2CC(=O)NC(=O)C2)n1. The minimum absolute atomic E-state index is 0.0917. The summed E-state index contributed by atoms with van der Waals surface area (Å²) < 4.78 is 1.80. The number of carbonyl (C=O) groups is 2. The van der Waals surface area contributed by atoms with E-state index in [-0.39, 0.29) is 24.9 Å². The number of aromatic nitrogens is 3. The Balaban J connectivity index is 2.10. The lowest BCUT2D eigenvalue weighted by Crippen LogP contribution is -2.51. The molecule has 19 heavy (non-hydrogen) atoms. The van der Waals surface area contributed by atoms with Crippen LogP contribution in [0.15, 0.2) is 18.6 Å². The van der Waals surface area contributed by atoms with E-state index in [4.69, 9.17) is 0 Å². The van der Waals surface area contributed by atoms with E-state index in [0.29, 0.717) is 17.3 Å². The molecule has 1 fully saturated rings. The first-order valence-corrected chi connectivity index (χ1v) is 5.76. The summed E-state index contributed by atoms with van der Waals surface area (Å²) in [6.45, 7) is 0.183. The van der Waals surface area contributed by atoms with Gasteiger partial charge in [-0.3, -0.25) is 14.9 Å². The first-order chi connectivity index (χ1) is 9.17. The fourth-order valence-electron chi connectivity index (χ4n) is 2.03. The topological polar surface area (TPSA) is 91.6 Å². The van der Waals surface area contributed by atoms with Crippen LogP contribution in [-0.4, -0.2) is 46.3 Å². The van der Waals surface area contributed by atoms with Crippen molar-refractivity contribution >= 4 is 29.1 Å². The van der Waals surface area contributed by atoms with E-state index in [9.17, 15) is 9.59 Å². The van der Waals surface area contributed by atoms with Gasteiger partial charge in [0.05, 0.1) is 19.3 Å². The van der Waals surface area contributed by atoms with Crippen molar-refractivity contribution in [1.82, 2.24) is 19.7 Å². The van der Waals surface area contributed by atoms with E-state index in [0.717, 1.165) is 0 Å². The molecule has 1 saturated heterocycles. The Bertz CT molecular complexity index is 648. The van der Waals surface area contributed by atoms with Crippen molar-refractivity contribution in [2.45, 2.75) is 0 Å². The van der Waals surface area contributed by atoms with E-state index in [1.54, 1.807) is 34.9 Å². The molecule has 98 valence electrons. The van der Waals surface area contributed by atoms with Gasteiger partial charge in [0.2, 0.25) is 11.8 Å². The molecule has 2 amide bonds. The van der Waals surface area contributed by atoms with E-state index < -0.39 is 0 Å². The molecule has 2 N–H and O–H groups in total. The molecule has 8 heteroatoms. The molecule has 2 aromatic rings. The van der Waals surface area contributed by atoms with E-state index in [1.165, 1.54) is 0 Å². The summed E-state index contributed by atoms with van der Waals surface area (Å²) in [4.78, 5) is 33.1. The second-order valence-corrected chi connectivity index (χ2v) is 4.19. The van der Waals surface area contributed by atoms with Crippen molar-refractivity contribution in [2.75, 3.05) is 30.4 Å². The molecule has 1 aliphatic heterocycles. The van der Waals surface area contributed by atoms with Crippen molar-refractivity contribution in [3.05, 3.63) is 18.6 Å². The highest BCUT2D eigenvalue weighted by Gasteiger charge is 2.25. The molecule has 0 unspecified atom stereocenters. The van der Waals surface area contributed by atoms with E-state index >= 15 is 0 Å². The van der Waals surface area contributed by atoms with Gasteiger partial charge in [0, 0.05) is 19.4 Å². The van der Waals surface area contributed by atoms with Crippen LogP contribution in [0.2, 0.25) is 0 Å². The van der Waals surface area contributed by atoms with Crippen molar-refractivity contribution in [2.24, 2.45) is 0 Å². The lowest BCUT2D eigenvalue weighted by molar-refractivity contribution is -0.130. The van der Waals surface area contributed by atoms with Crippen LogP contribution in [0.25, 0.3) is 5.65 Å². The number of nitrogens with one attached hydrogen (secondary N) is 2. The quantitative estimate of drug-likeness (QED) is 0.689. The third-order valence-electron chi connectivity index (χ3n) is 2.86. The summed E-state index contributed by atoms with van der Waals surface area (Å²) in [5, 5.41) is 5.20. The zero-order chi connectivity index (χ0) is 13.4. The summed E-state index contributed by atoms with van der Waals surface area (Å²) in [7, 11) is 1.75. The molecule has 0 bridgehead atoms. The molecule has 0 radical (unpaired) electrons. The minimum Gasteiger partial charge on any atom is -0.372 e. The number of nitrogens with zero attached hydrogens (tertiary/aromatic N) is 4. The Kier molecular flexibility index (Phi) is 2.55. The van der Waals surface area contributed by atoms with Gasteiger partial charge in [0.25, 0.3) is 0 Å². The van der Waals surface area contributed by atoms with Crippen LogP contribution in [-0.2, 0) is 9.59 Å². The van der Waals surface area contributed by atoms with Crippen LogP contribution in [0.1, 0.15) is 0 Å². The lowest BCUT2D eigenvalue weighted by atomic mass is 10.3. The zero-order valence-corrected chi connectivity index (χ0v) is 10.3. The van der Waals surface area contributed by atoms with Gasteiger partial charge in [0.15, 0.2) is 11.5 Å². The molecule has 2 aromatic heterocycles. The fraction of sp³-hybridized carbons (Fsp3) is 0.273. The summed E-state index contributed by atoms with van der Waals surface area (Å²) >= 11 is 0. The van der Waals surface area contributed by atoms with Crippen LogP contribution in [0, 0.1) is 0 Å². The Hall–Kier alpha value is -2.64. The maximum absolute atomic E-state index is 11.4. The summed E-state index contributed by atoms with van der Waals surface area (Å²) in [6.07, 6.45) is 5.22. The van der Waals surface area contributed by atoms with Gasteiger partial charge in [-0.1, -0.05) is 0 Å². The van der Waals surface area contributed by atoms with Gasteiger partial charge in [-0.25, -0.2) is 9.97 Å². The van der Waals surface area contributed by atoms with Gasteiger partial charge in [-0.05, 0) is 0 Å². The summed E-state index contributed by atoms with van der Waals surface area (Å²) in [5.41, 5.74) is 0.612. The molecular formula is C11H12N6O2. The van der Waals surface area contributed by atoms with Crippen LogP contribution >= 0.6 is 0 Å². The third kappa shape index (κ3) is 1.96. The number of carbonyl (C=O) groups excluding carboxylic acids is 2. The van der Waals surface area contributed by atoms with Crippen molar-refractivity contribution in [3.8, 4) is 0 Å². The molecule has 8 nitrogen and oxygen atoms in total. The van der Waals surface area contributed by atoms with E-state index in [2.05, 4.69) is 20.6 Å². The Morgan fingerprint density at radius 1 is 1.32 bits per heavy atom. The molecule has 3 heterocycles. The molecule has 0 spiro atoms. The number of imidazole rings is 1. The van der Waals surface area contributed by atoms with Gasteiger partial charge >= 0.3 is 0 Å². The Labute approximate surface area is 108 Å². The maximum atomic E-state index is 11.4. The molecule has 0 saturated carbocycles. The van der Waals surface area contributed by atoms with Gasteiger partial charge in [-0.15, -0.1) is 0 Å². The average Bonchev–Trinajstić information content (AvgIpc) is 2.84. The van der Waals surface area contributed by atoms with Gasteiger partial charge < -0.3 is 14.6 Å². The second kappa shape index (κ2) is 4.23. The molecule has 1 aliphatic rings. The number of imide groups is 1. The van der Waals surface area contributed by atoms with Crippen molar-refractivity contribution < 1.29 is 9.59 Å². The highest BCUT2D eigenvalue weighted by molar-refractivity contribution is 6.03. The van der Waals surface area contributed by atoms with Crippen LogP contribution < -0.4 is 15.5 Å². The first kappa shape index (κ1) is 11.5. The second-order valence-electron chi connectivity index (χ2n) is 4.19. The van der Waals surface area contributed by atoms with Crippen molar-refractivity contribution in [3.63, 3.8) is 0 Å². The summed E-state index contributed by atoms with van der Waals surface area (Å²) in [5.74, 6) is 0.481. The fourth-order valence-corrected chi connectivity index (χ4v) is 2.03. The highest BCUT2D eigenvalue weighted by atomic mass is 16.2. The largest absolute Gasteiger partial charge is 0.372 e. The summed E-state index contributed by atoms with van der Waals surface area (Å²) in [6, 6.07) is 0. The maximum Gasteiger partial charge on any atom is 0.246 e. The predicted molar refractivity (Wildman–Crippen MR) is 67.9 cm³/mol. The standard InChI is InChI=1S/C11H12N6O2/c1-12-7-4-16-3-2-13-10(16)11(14-7)17-5-8(18)15-9(19)6-17/h2-4,12H,5-6H2,1H3,(H,15,18,19). The average molecular weight is 260 g/mol. The monoisotopic (exact) mass is 260 g/mol. The Morgan fingerprint density at radius 3 is 2.74 bits per heavy atom. The third-order valence-corrected chi connectivity index (χ3v) is 2.86. The van der Waals surface area contributed by atoms with E-state index in [1.807, 2.05) is 0 Å². The van der Waals surface area contributed by atoms with Gasteiger partial charge in [0.1, 0.15) is 5.82 Å². The first-order valence-electron chi connectivity index (χ1n) is 5.76. The van der Waals surface area contributed by atoms with Crippen molar-refractivity contribution in [1.29, 1.82) is 0 Å². The molecular weight excluding hydrogens is 248 g/mol. The van der Waals surface area contributed by atoms with Gasteiger partial charge in [-0.2, -0.15) is 0 Å². The zero-order valence-electron chi connectivity index (χ0n) is 10.3. The predicted octanol–water partition coefficient (Wildman–Crippen LogP) is -0.766. The molecule has 3 rings (SSSR count). The van der Waals surface area contributed by atoms with Crippen LogP contribution in [0.3, 0.4) is 0 Å². The lowest BCUT2D eigenvalue weighted by Gasteiger charge is -2.26. The van der Waals surface area contributed by atoms with Crippen LogP contribution in [0.4, 0.5) is 11.6 Å². The molecule has 0 atom stereocenters. The molecule has 0 aliphatic carbocycles. The number of fused-ring (bicyclic) bond motifs is 1. The number of anilines is 2. The number of piperazine rings is 1. The minimum atomic E-state index is -0.336. The number of hydrogen-bond acceptors (Lipinski definition) is 6.